The van der Waals surface area contributed by atoms with Gasteiger partial charge >= 0.3 is 0 Å². The molecule has 5 heteroatoms. The van der Waals surface area contributed by atoms with E-state index in [0.717, 1.165) is 36.5 Å². The van der Waals surface area contributed by atoms with E-state index in [1.54, 1.807) is 12.1 Å². The molecule has 0 amide bonds. The quantitative estimate of drug-likeness (QED) is 0.811. The molecule has 1 aromatic heterocycles. The number of fused-ring (bicyclic) bond motifs is 1. The van der Waals surface area contributed by atoms with Gasteiger partial charge in [0.2, 0.25) is 0 Å². The van der Waals surface area contributed by atoms with Crippen LogP contribution in [0.25, 0.3) is 5.69 Å². The Bertz CT molecular complexity index is 548. The maximum atomic E-state index is 9.28. The van der Waals surface area contributed by atoms with Crippen molar-refractivity contribution in [3.8, 4) is 11.4 Å². The van der Waals surface area contributed by atoms with Crippen molar-refractivity contribution in [1.29, 1.82) is 0 Å². The van der Waals surface area contributed by atoms with Gasteiger partial charge in [-0.25, -0.2) is 4.68 Å². The smallest absolute Gasteiger partial charge is 0.156 e. The molecule has 0 bridgehead atoms. The van der Waals surface area contributed by atoms with E-state index >= 15 is 0 Å². The highest BCUT2D eigenvalue weighted by atomic mass is 35.5. The van der Waals surface area contributed by atoms with Crippen molar-refractivity contribution < 1.29 is 5.11 Å². The van der Waals surface area contributed by atoms with Crippen LogP contribution >= 0.6 is 11.6 Å². The van der Waals surface area contributed by atoms with Gasteiger partial charge in [-0.3, -0.25) is 0 Å². The molecule has 0 atom stereocenters. The van der Waals surface area contributed by atoms with E-state index in [1.165, 1.54) is 0 Å². The van der Waals surface area contributed by atoms with Gasteiger partial charge in [-0.05, 0) is 24.3 Å². The molecular weight excluding hydrogens is 238 g/mol. The number of hydrogen-bond donors (Lipinski definition) is 2. The monoisotopic (exact) mass is 249 g/mol. The van der Waals surface area contributed by atoms with Crippen LogP contribution in [0.2, 0.25) is 5.15 Å². The van der Waals surface area contributed by atoms with Crippen LogP contribution < -0.4 is 5.32 Å². The molecule has 1 aliphatic heterocycles. The molecule has 17 heavy (non-hydrogen) atoms. The van der Waals surface area contributed by atoms with Gasteiger partial charge in [0.05, 0.1) is 11.4 Å². The fourth-order valence-corrected chi connectivity index (χ4v) is 2.37. The van der Waals surface area contributed by atoms with E-state index in [2.05, 4.69) is 10.4 Å². The number of hydrogen-bond acceptors (Lipinski definition) is 3. The van der Waals surface area contributed by atoms with Crippen molar-refractivity contribution in [3.05, 3.63) is 40.7 Å². The second kappa shape index (κ2) is 4.05. The number of halogens is 1. The Balaban J connectivity index is 2.11. The summed E-state index contributed by atoms with van der Waals surface area (Å²) in [4.78, 5) is 0. The minimum Gasteiger partial charge on any atom is -0.508 e. The molecule has 88 valence electrons. The molecule has 0 saturated carbocycles. The number of phenols is 1. The molecule has 0 fully saturated rings. The zero-order valence-electron chi connectivity index (χ0n) is 9.15. The van der Waals surface area contributed by atoms with E-state index in [1.807, 2.05) is 16.8 Å². The lowest BCUT2D eigenvalue weighted by Crippen LogP contribution is -2.24. The van der Waals surface area contributed by atoms with Gasteiger partial charge in [0, 0.05) is 25.1 Å². The Hall–Kier alpha value is -1.52. The first-order valence-electron chi connectivity index (χ1n) is 5.52. The van der Waals surface area contributed by atoms with Crippen molar-refractivity contribution in [2.45, 2.75) is 13.0 Å². The van der Waals surface area contributed by atoms with Gasteiger partial charge in [-0.2, -0.15) is 5.10 Å². The van der Waals surface area contributed by atoms with Gasteiger partial charge in [-0.15, -0.1) is 0 Å². The molecule has 2 aromatic rings. The Labute approximate surface area is 104 Å². The summed E-state index contributed by atoms with van der Waals surface area (Å²) in [5, 5.41) is 17.5. The van der Waals surface area contributed by atoms with Crippen molar-refractivity contribution in [2.75, 3.05) is 6.54 Å². The lowest BCUT2D eigenvalue weighted by Gasteiger charge is -2.15. The summed E-state index contributed by atoms with van der Waals surface area (Å²) >= 11 is 6.12. The summed E-state index contributed by atoms with van der Waals surface area (Å²) in [5.41, 5.74) is 3.15. The summed E-state index contributed by atoms with van der Waals surface area (Å²) < 4.78 is 1.86. The van der Waals surface area contributed by atoms with Crippen molar-refractivity contribution in [1.82, 2.24) is 15.1 Å². The molecular formula is C12H12ClN3O. The second-order valence-electron chi connectivity index (χ2n) is 4.07. The molecule has 2 heterocycles. The molecule has 2 N–H and O–H groups in total. The minimum absolute atomic E-state index is 0.252. The number of nitrogens with one attached hydrogen (secondary N) is 1. The fraction of sp³-hybridized carbons (Fsp3) is 0.250. The maximum Gasteiger partial charge on any atom is 0.156 e. The predicted molar refractivity (Wildman–Crippen MR) is 65.6 cm³/mol. The number of aromatic hydroxyl groups is 1. The average molecular weight is 250 g/mol. The number of phenolic OH excluding ortho intramolecular Hbond substituents is 1. The second-order valence-corrected chi connectivity index (χ2v) is 4.43. The van der Waals surface area contributed by atoms with E-state index in [0.29, 0.717) is 5.15 Å². The molecule has 0 aliphatic carbocycles. The highest BCUT2D eigenvalue weighted by Gasteiger charge is 2.19. The first kappa shape index (κ1) is 10.6. The topological polar surface area (TPSA) is 50.1 Å². The molecule has 4 nitrogen and oxygen atoms in total. The molecule has 0 unspecified atom stereocenters. The van der Waals surface area contributed by atoms with Gasteiger partial charge in [-0.1, -0.05) is 11.6 Å². The van der Waals surface area contributed by atoms with Crippen LogP contribution in [0.4, 0.5) is 0 Å². The predicted octanol–water partition coefficient (Wildman–Crippen LogP) is 1.88. The fourth-order valence-electron chi connectivity index (χ4n) is 2.11. The zero-order chi connectivity index (χ0) is 11.8. The summed E-state index contributed by atoms with van der Waals surface area (Å²) in [7, 11) is 0. The van der Waals surface area contributed by atoms with Gasteiger partial charge in [0.1, 0.15) is 5.75 Å². The first-order chi connectivity index (χ1) is 8.25. The molecule has 0 radical (unpaired) electrons. The van der Waals surface area contributed by atoms with Gasteiger partial charge < -0.3 is 10.4 Å². The summed E-state index contributed by atoms with van der Waals surface area (Å²) in [6.07, 6.45) is 0.913. The Kier molecular flexibility index (Phi) is 2.53. The van der Waals surface area contributed by atoms with Crippen LogP contribution in [0.3, 0.4) is 0 Å². The van der Waals surface area contributed by atoms with E-state index in [-0.39, 0.29) is 5.75 Å². The Morgan fingerprint density at radius 2 is 2.06 bits per heavy atom. The standard InChI is InChI=1S/C12H12ClN3O/c13-12-10-7-14-6-5-11(10)16(15-12)8-1-3-9(17)4-2-8/h1-4,14,17H,5-7H2. The van der Waals surface area contributed by atoms with Crippen LogP contribution in [0.15, 0.2) is 24.3 Å². The highest BCUT2D eigenvalue weighted by molar-refractivity contribution is 6.30. The maximum absolute atomic E-state index is 9.28. The van der Waals surface area contributed by atoms with Crippen LogP contribution in [0.1, 0.15) is 11.3 Å². The number of rotatable bonds is 1. The van der Waals surface area contributed by atoms with Crippen molar-refractivity contribution in [2.24, 2.45) is 0 Å². The molecule has 1 aromatic carbocycles. The van der Waals surface area contributed by atoms with Crippen molar-refractivity contribution in [3.63, 3.8) is 0 Å². The van der Waals surface area contributed by atoms with Gasteiger partial charge in [0.25, 0.3) is 0 Å². The Morgan fingerprint density at radius 1 is 1.29 bits per heavy atom. The van der Waals surface area contributed by atoms with Crippen molar-refractivity contribution >= 4 is 11.6 Å². The lowest BCUT2D eigenvalue weighted by atomic mass is 10.1. The lowest BCUT2D eigenvalue weighted by molar-refractivity contribution is 0.475. The third kappa shape index (κ3) is 1.79. The van der Waals surface area contributed by atoms with E-state index < -0.39 is 0 Å². The molecule has 3 rings (SSSR count). The van der Waals surface area contributed by atoms with Crippen LogP contribution in [0, 0.1) is 0 Å². The molecule has 0 saturated heterocycles. The van der Waals surface area contributed by atoms with Crippen LogP contribution in [-0.2, 0) is 13.0 Å². The number of aromatic nitrogens is 2. The van der Waals surface area contributed by atoms with Crippen LogP contribution in [-0.4, -0.2) is 21.4 Å². The number of nitrogens with zero attached hydrogens (tertiary/aromatic N) is 2. The normalized spacial score (nSPS) is 14.6. The molecule has 0 spiro atoms. The summed E-state index contributed by atoms with van der Waals surface area (Å²) in [6, 6.07) is 6.97. The summed E-state index contributed by atoms with van der Waals surface area (Å²) in [5.74, 6) is 0.252. The van der Waals surface area contributed by atoms with E-state index in [4.69, 9.17) is 11.6 Å². The average Bonchev–Trinajstić information content (AvgIpc) is 2.69. The first-order valence-corrected chi connectivity index (χ1v) is 5.90. The van der Waals surface area contributed by atoms with Gasteiger partial charge in [0.15, 0.2) is 5.15 Å². The zero-order valence-corrected chi connectivity index (χ0v) is 9.91. The highest BCUT2D eigenvalue weighted by Crippen LogP contribution is 2.25. The summed E-state index contributed by atoms with van der Waals surface area (Å²) in [6.45, 7) is 1.71. The SMILES string of the molecule is Oc1ccc(-n2nc(Cl)c3c2CCNC3)cc1. The Morgan fingerprint density at radius 3 is 2.82 bits per heavy atom. The minimum atomic E-state index is 0.252. The number of benzene rings is 1. The molecule has 1 aliphatic rings. The third-order valence-corrected chi connectivity index (χ3v) is 3.28. The van der Waals surface area contributed by atoms with E-state index in [9.17, 15) is 5.11 Å². The largest absolute Gasteiger partial charge is 0.508 e. The third-order valence-electron chi connectivity index (χ3n) is 2.98. The van der Waals surface area contributed by atoms with Crippen LogP contribution in [0.5, 0.6) is 5.75 Å².